The van der Waals surface area contributed by atoms with Crippen molar-refractivity contribution in [2.24, 2.45) is 0 Å². The zero-order valence-corrected chi connectivity index (χ0v) is 10.8. The molecule has 1 unspecified atom stereocenters. The predicted molar refractivity (Wildman–Crippen MR) is 68.7 cm³/mol. The molecule has 18 heavy (non-hydrogen) atoms. The Kier molecular flexibility index (Phi) is 6.18. The van der Waals surface area contributed by atoms with Gasteiger partial charge < -0.3 is 10.0 Å². The maximum atomic E-state index is 11.6. The summed E-state index contributed by atoms with van der Waals surface area (Å²) in [6.45, 7) is 2.51. The molecule has 1 aromatic carbocycles. The van der Waals surface area contributed by atoms with Crippen molar-refractivity contribution >= 4 is 6.03 Å². The van der Waals surface area contributed by atoms with Gasteiger partial charge in [0.25, 0.3) is 0 Å². The van der Waals surface area contributed by atoms with Gasteiger partial charge in [-0.3, -0.25) is 4.84 Å². The Morgan fingerprint density at radius 3 is 2.72 bits per heavy atom. The van der Waals surface area contributed by atoms with E-state index in [9.17, 15) is 4.79 Å². The second kappa shape index (κ2) is 7.68. The Morgan fingerprint density at radius 2 is 2.11 bits per heavy atom. The van der Waals surface area contributed by atoms with E-state index >= 15 is 0 Å². The molecule has 1 rings (SSSR count). The summed E-state index contributed by atoms with van der Waals surface area (Å²) in [6.07, 6.45) is 0.133. The van der Waals surface area contributed by atoms with E-state index in [4.69, 9.17) is 9.94 Å². The molecule has 0 aliphatic rings. The van der Waals surface area contributed by atoms with Crippen LogP contribution >= 0.6 is 0 Å². The van der Waals surface area contributed by atoms with Gasteiger partial charge in [-0.1, -0.05) is 30.3 Å². The summed E-state index contributed by atoms with van der Waals surface area (Å²) in [5.41, 5.74) is 3.35. The first-order chi connectivity index (χ1) is 8.59. The van der Waals surface area contributed by atoms with E-state index in [1.54, 1.807) is 14.0 Å². The zero-order valence-electron chi connectivity index (χ0n) is 10.8. The largest absolute Gasteiger partial charge is 0.393 e. The van der Waals surface area contributed by atoms with Gasteiger partial charge in [0, 0.05) is 13.6 Å². The summed E-state index contributed by atoms with van der Waals surface area (Å²) in [4.78, 5) is 18.1. The van der Waals surface area contributed by atoms with Crippen LogP contribution in [0.5, 0.6) is 0 Å². The number of carbonyl (C=O) groups is 1. The predicted octanol–water partition coefficient (Wildman–Crippen LogP) is 1.53. The summed E-state index contributed by atoms with van der Waals surface area (Å²) in [6, 6.07) is 9.27. The standard InChI is InChI=1S/C13H20N2O3/c1-11(16)8-9-15(2)13(17)14-18-10-12-6-4-3-5-7-12/h3-7,11,16H,8-10H2,1-2H3,(H,14,17). The summed E-state index contributed by atoms with van der Waals surface area (Å²) < 4.78 is 0. The molecule has 0 aliphatic heterocycles. The van der Waals surface area contributed by atoms with E-state index in [0.717, 1.165) is 5.56 Å². The van der Waals surface area contributed by atoms with E-state index in [-0.39, 0.29) is 6.03 Å². The topological polar surface area (TPSA) is 61.8 Å². The minimum absolute atomic E-state index is 0.313. The van der Waals surface area contributed by atoms with Crippen LogP contribution in [-0.4, -0.2) is 35.7 Å². The van der Waals surface area contributed by atoms with Crippen LogP contribution in [0.3, 0.4) is 0 Å². The van der Waals surface area contributed by atoms with Crippen molar-refractivity contribution in [2.45, 2.75) is 26.1 Å². The van der Waals surface area contributed by atoms with Crippen LogP contribution in [0.2, 0.25) is 0 Å². The Labute approximate surface area is 107 Å². The third-order valence-corrected chi connectivity index (χ3v) is 2.47. The number of nitrogens with zero attached hydrogens (tertiary/aromatic N) is 1. The smallest absolute Gasteiger partial charge is 0.341 e. The van der Waals surface area contributed by atoms with Gasteiger partial charge in [0.2, 0.25) is 0 Å². The molecule has 0 spiro atoms. The number of aliphatic hydroxyl groups is 1. The molecule has 5 nitrogen and oxygen atoms in total. The Morgan fingerprint density at radius 1 is 1.44 bits per heavy atom. The summed E-state index contributed by atoms with van der Waals surface area (Å²) in [5, 5.41) is 9.12. The Bertz CT molecular complexity index is 355. The van der Waals surface area contributed by atoms with Crippen LogP contribution in [0.1, 0.15) is 18.9 Å². The van der Waals surface area contributed by atoms with Gasteiger partial charge >= 0.3 is 6.03 Å². The van der Waals surface area contributed by atoms with Crippen LogP contribution in [-0.2, 0) is 11.4 Å². The van der Waals surface area contributed by atoms with Gasteiger partial charge in [-0.15, -0.1) is 0 Å². The van der Waals surface area contributed by atoms with Crippen molar-refractivity contribution in [3.8, 4) is 0 Å². The first kappa shape index (κ1) is 14.5. The second-order valence-corrected chi connectivity index (χ2v) is 4.24. The first-order valence-electron chi connectivity index (χ1n) is 5.94. The fourth-order valence-corrected chi connectivity index (χ4v) is 1.32. The molecule has 1 aromatic rings. The highest BCUT2D eigenvalue weighted by Crippen LogP contribution is 1.99. The van der Waals surface area contributed by atoms with E-state index in [2.05, 4.69) is 5.48 Å². The van der Waals surface area contributed by atoms with Gasteiger partial charge in [0.05, 0.1) is 12.7 Å². The number of carbonyl (C=O) groups excluding carboxylic acids is 1. The molecule has 0 radical (unpaired) electrons. The number of hydrogen-bond donors (Lipinski definition) is 2. The van der Waals surface area contributed by atoms with E-state index in [1.807, 2.05) is 30.3 Å². The van der Waals surface area contributed by atoms with Crippen molar-refractivity contribution < 1.29 is 14.7 Å². The lowest BCUT2D eigenvalue weighted by Gasteiger charge is -2.18. The van der Waals surface area contributed by atoms with Crippen molar-refractivity contribution in [1.82, 2.24) is 10.4 Å². The van der Waals surface area contributed by atoms with Gasteiger partial charge in [-0.25, -0.2) is 10.3 Å². The van der Waals surface area contributed by atoms with Crippen molar-refractivity contribution in [2.75, 3.05) is 13.6 Å². The van der Waals surface area contributed by atoms with Crippen molar-refractivity contribution in [1.29, 1.82) is 0 Å². The lowest BCUT2D eigenvalue weighted by atomic mass is 10.2. The maximum Gasteiger partial charge on any atom is 0.341 e. The minimum atomic E-state index is -0.412. The second-order valence-electron chi connectivity index (χ2n) is 4.24. The highest BCUT2D eigenvalue weighted by molar-refractivity contribution is 5.72. The van der Waals surface area contributed by atoms with Gasteiger partial charge in [-0.2, -0.15) is 0 Å². The first-order valence-corrected chi connectivity index (χ1v) is 5.94. The van der Waals surface area contributed by atoms with Crippen molar-refractivity contribution in [3.63, 3.8) is 0 Å². The molecule has 2 N–H and O–H groups in total. The number of amides is 2. The zero-order chi connectivity index (χ0) is 13.4. The molecule has 2 amide bonds. The number of hydrogen-bond acceptors (Lipinski definition) is 3. The minimum Gasteiger partial charge on any atom is -0.393 e. The molecule has 0 aliphatic carbocycles. The van der Waals surface area contributed by atoms with E-state index in [1.165, 1.54) is 4.90 Å². The van der Waals surface area contributed by atoms with Crippen LogP contribution in [0.4, 0.5) is 4.79 Å². The monoisotopic (exact) mass is 252 g/mol. The molecule has 0 bridgehead atoms. The lowest BCUT2D eigenvalue weighted by Crippen LogP contribution is -2.38. The fourth-order valence-electron chi connectivity index (χ4n) is 1.32. The maximum absolute atomic E-state index is 11.6. The van der Waals surface area contributed by atoms with Gasteiger partial charge in [0.15, 0.2) is 0 Å². The van der Waals surface area contributed by atoms with E-state index in [0.29, 0.717) is 19.6 Å². The average Bonchev–Trinajstić information content (AvgIpc) is 2.37. The molecule has 100 valence electrons. The van der Waals surface area contributed by atoms with Crippen LogP contribution in [0.15, 0.2) is 30.3 Å². The average molecular weight is 252 g/mol. The fraction of sp³-hybridized carbons (Fsp3) is 0.462. The third-order valence-electron chi connectivity index (χ3n) is 2.47. The number of benzene rings is 1. The Balaban J connectivity index is 2.20. The molecule has 0 saturated carbocycles. The summed E-state index contributed by atoms with van der Waals surface area (Å²) in [5.74, 6) is 0. The van der Waals surface area contributed by atoms with Crippen molar-refractivity contribution in [3.05, 3.63) is 35.9 Å². The molecule has 0 aromatic heterocycles. The number of aliphatic hydroxyl groups excluding tert-OH is 1. The van der Waals surface area contributed by atoms with E-state index < -0.39 is 6.10 Å². The number of nitrogens with one attached hydrogen (secondary N) is 1. The highest BCUT2D eigenvalue weighted by Gasteiger charge is 2.08. The lowest BCUT2D eigenvalue weighted by molar-refractivity contribution is 0.0377. The molecule has 0 heterocycles. The molecule has 1 atom stereocenters. The van der Waals surface area contributed by atoms with Crippen LogP contribution in [0.25, 0.3) is 0 Å². The summed E-state index contributed by atoms with van der Waals surface area (Å²) >= 11 is 0. The van der Waals surface area contributed by atoms with Crippen LogP contribution in [0, 0.1) is 0 Å². The van der Waals surface area contributed by atoms with Gasteiger partial charge in [-0.05, 0) is 18.9 Å². The highest BCUT2D eigenvalue weighted by atomic mass is 16.7. The Hall–Kier alpha value is -1.59. The molecular formula is C13H20N2O3. The van der Waals surface area contributed by atoms with Gasteiger partial charge in [0.1, 0.15) is 0 Å². The molecule has 0 fully saturated rings. The number of hydroxylamine groups is 1. The summed E-state index contributed by atoms with van der Waals surface area (Å²) in [7, 11) is 1.66. The molecular weight excluding hydrogens is 232 g/mol. The normalized spacial score (nSPS) is 11.9. The number of urea groups is 1. The third kappa shape index (κ3) is 5.65. The quantitative estimate of drug-likeness (QED) is 0.755. The molecule has 0 saturated heterocycles. The number of rotatable bonds is 6. The molecule has 5 heteroatoms. The SMILES string of the molecule is CC(O)CCN(C)C(=O)NOCc1ccccc1. The van der Waals surface area contributed by atoms with Crippen LogP contribution < -0.4 is 5.48 Å².